The number of hydrogen-bond acceptors (Lipinski definition) is 3. The lowest BCUT2D eigenvalue weighted by Gasteiger charge is -2.17. The predicted molar refractivity (Wildman–Crippen MR) is 90.6 cm³/mol. The summed E-state index contributed by atoms with van der Waals surface area (Å²) >= 11 is 0. The van der Waals surface area contributed by atoms with Crippen LogP contribution in [0.1, 0.15) is 47.3 Å². The van der Waals surface area contributed by atoms with Crippen molar-refractivity contribution in [2.24, 2.45) is 0 Å². The quantitative estimate of drug-likeness (QED) is 0.731. The van der Waals surface area contributed by atoms with Crippen molar-refractivity contribution in [2.45, 2.75) is 45.6 Å². The summed E-state index contributed by atoms with van der Waals surface area (Å²) in [7, 11) is 0. The normalized spacial score (nSPS) is 13.8. The third kappa shape index (κ3) is 4.00. The first-order chi connectivity index (χ1) is 12.2. The van der Waals surface area contributed by atoms with Crippen molar-refractivity contribution in [3.05, 3.63) is 58.7 Å². The number of rotatable bonds is 5. The average Bonchev–Trinajstić information content (AvgIpc) is 2.93. The number of fused-ring (bicyclic) bond motifs is 1. The number of ketones is 1. The van der Waals surface area contributed by atoms with Gasteiger partial charge < -0.3 is 9.47 Å². The molecule has 0 radical (unpaired) electrons. The van der Waals surface area contributed by atoms with E-state index < -0.39 is 11.7 Å². The maximum Gasteiger partial charge on any atom is 0.419 e. The number of hydrogen-bond donors (Lipinski definition) is 0. The number of alkyl halides is 3. The van der Waals surface area contributed by atoms with E-state index in [1.165, 1.54) is 6.07 Å². The second-order valence-electron chi connectivity index (χ2n) is 6.53. The number of halogens is 3. The number of Topliss-reactive ketones (excluding diaryl/α,β-unsaturated/α-hetero) is 1. The molecule has 0 amide bonds. The van der Waals surface area contributed by atoms with Crippen LogP contribution in [0.25, 0.3) is 0 Å². The van der Waals surface area contributed by atoms with Gasteiger partial charge >= 0.3 is 6.18 Å². The molecule has 1 aliphatic carbocycles. The summed E-state index contributed by atoms with van der Waals surface area (Å²) in [6, 6.07) is 9.09. The highest BCUT2D eigenvalue weighted by molar-refractivity contribution is 6.00. The monoisotopic (exact) mass is 364 g/mol. The molecule has 2 aromatic rings. The summed E-state index contributed by atoms with van der Waals surface area (Å²) in [5.74, 6) is 0.462. The molecule has 26 heavy (non-hydrogen) atoms. The van der Waals surface area contributed by atoms with Gasteiger partial charge in [0.05, 0.1) is 11.7 Å². The Bertz CT molecular complexity index is 826. The van der Waals surface area contributed by atoms with Crippen molar-refractivity contribution < 1.29 is 27.4 Å². The smallest absolute Gasteiger partial charge is 0.419 e. The lowest BCUT2D eigenvalue weighted by atomic mass is 10.1. The lowest BCUT2D eigenvalue weighted by molar-refractivity contribution is -0.139. The Kier molecular flexibility index (Phi) is 4.94. The van der Waals surface area contributed by atoms with E-state index in [1.807, 2.05) is 0 Å². The highest BCUT2D eigenvalue weighted by Crippen LogP contribution is 2.37. The Morgan fingerprint density at radius 1 is 1.08 bits per heavy atom. The van der Waals surface area contributed by atoms with Gasteiger partial charge in [-0.3, -0.25) is 4.79 Å². The molecule has 1 aliphatic rings. The molecule has 138 valence electrons. The maximum absolute atomic E-state index is 13.3. The first-order valence-corrected chi connectivity index (χ1v) is 8.40. The molecule has 0 unspecified atom stereocenters. The highest BCUT2D eigenvalue weighted by atomic mass is 19.4. The van der Waals surface area contributed by atoms with Crippen LogP contribution in [0.4, 0.5) is 13.2 Å². The van der Waals surface area contributed by atoms with Crippen LogP contribution in [0.2, 0.25) is 0 Å². The van der Waals surface area contributed by atoms with Crippen molar-refractivity contribution in [3.63, 3.8) is 0 Å². The summed E-state index contributed by atoms with van der Waals surface area (Å²) in [5, 5.41) is 0. The van der Waals surface area contributed by atoms with E-state index >= 15 is 0 Å². The molecule has 0 heterocycles. The standard InChI is InChI=1S/C20H19F3O3/c1-12(2)26-19-8-3-13(9-17(19)20(21,22)23)11-25-15-5-6-16-14(10-15)4-7-18(16)24/h3,5-6,8-10,12H,4,7,11H2,1-2H3. The summed E-state index contributed by atoms with van der Waals surface area (Å²) in [5.41, 5.74) is 1.20. The Morgan fingerprint density at radius 2 is 1.85 bits per heavy atom. The Hall–Kier alpha value is -2.50. The molecule has 0 fully saturated rings. The molecule has 0 saturated heterocycles. The Labute approximate surface area is 149 Å². The molecule has 3 rings (SSSR count). The minimum atomic E-state index is -4.51. The lowest BCUT2D eigenvalue weighted by Crippen LogP contribution is -2.13. The fourth-order valence-corrected chi connectivity index (χ4v) is 2.93. The molecule has 0 atom stereocenters. The van der Waals surface area contributed by atoms with Gasteiger partial charge in [-0.1, -0.05) is 6.07 Å². The van der Waals surface area contributed by atoms with Gasteiger partial charge in [0.1, 0.15) is 18.1 Å². The van der Waals surface area contributed by atoms with E-state index in [1.54, 1.807) is 38.1 Å². The summed E-state index contributed by atoms with van der Waals surface area (Å²) in [4.78, 5) is 11.6. The first-order valence-electron chi connectivity index (χ1n) is 8.40. The molecule has 0 aromatic heterocycles. The molecule has 3 nitrogen and oxygen atoms in total. The molecular weight excluding hydrogens is 345 g/mol. The number of benzene rings is 2. The SMILES string of the molecule is CC(C)Oc1ccc(COc2ccc3c(c2)CCC3=O)cc1C(F)(F)F. The molecule has 0 spiro atoms. The van der Waals surface area contributed by atoms with Crippen molar-refractivity contribution >= 4 is 5.78 Å². The number of carbonyl (C=O) groups is 1. The molecule has 0 N–H and O–H groups in total. The van der Waals surface area contributed by atoms with Crippen molar-refractivity contribution in [1.82, 2.24) is 0 Å². The maximum atomic E-state index is 13.3. The fourth-order valence-electron chi connectivity index (χ4n) is 2.93. The highest BCUT2D eigenvalue weighted by Gasteiger charge is 2.35. The van der Waals surface area contributed by atoms with Crippen LogP contribution < -0.4 is 9.47 Å². The van der Waals surface area contributed by atoms with Crippen LogP contribution in [0.15, 0.2) is 36.4 Å². The van der Waals surface area contributed by atoms with Gasteiger partial charge in [-0.2, -0.15) is 13.2 Å². The topological polar surface area (TPSA) is 35.5 Å². The summed E-state index contributed by atoms with van der Waals surface area (Å²) < 4.78 is 50.7. The van der Waals surface area contributed by atoms with Gasteiger partial charge in [-0.15, -0.1) is 0 Å². The van der Waals surface area contributed by atoms with E-state index in [9.17, 15) is 18.0 Å². The van der Waals surface area contributed by atoms with Crippen LogP contribution in [0, 0.1) is 0 Å². The van der Waals surface area contributed by atoms with Gasteiger partial charge in [-0.05, 0) is 61.7 Å². The van der Waals surface area contributed by atoms with Crippen molar-refractivity contribution in [2.75, 3.05) is 0 Å². The second kappa shape index (κ2) is 7.02. The van der Waals surface area contributed by atoms with Gasteiger partial charge in [0.15, 0.2) is 5.78 Å². The average molecular weight is 364 g/mol. The van der Waals surface area contributed by atoms with Crippen molar-refractivity contribution in [1.29, 1.82) is 0 Å². The van der Waals surface area contributed by atoms with E-state index in [4.69, 9.17) is 9.47 Å². The number of ether oxygens (including phenoxy) is 2. The first kappa shape index (κ1) is 18.3. The van der Waals surface area contributed by atoms with Gasteiger partial charge in [-0.25, -0.2) is 0 Å². The molecule has 2 aromatic carbocycles. The third-order valence-corrected chi connectivity index (χ3v) is 4.12. The summed E-state index contributed by atoms with van der Waals surface area (Å²) in [6.45, 7) is 3.35. The van der Waals surface area contributed by atoms with Crippen LogP contribution in [0.3, 0.4) is 0 Å². The van der Waals surface area contributed by atoms with Crippen LogP contribution in [-0.4, -0.2) is 11.9 Å². The zero-order valence-corrected chi connectivity index (χ0v) is 14.5. The molecule has 0 saturated carbocycles. The van der Waals surface area contributed by atoms with Gasteiger partial charge in [0, 0.05) is 12.0 Å². The van der Waals surface area contributed by atoms with E-state index in [0.29, 0.717) is 29.7 Å². The Balaban J connectivity index is 1.77. The molecule has 0 aliphatic heterocycles. The minimum Gasteiger partial charge on any atom is -0.490 e. The number of carbonyl (C=O) groups excluding carboxylic acids is 1. The summed E-state index contributed by atoms with van der Waals surface area (Å²) in [6.07, 6.45) is -3.70. The predicted octanol–water partition coefficient (Wildman–Crippen LogP) is 5.20. The van der Waals surface area contributed by atoms with Gasteiger partial charge in [0.25, 0.3) is 0 Å². The fraction of sp³-hybridized carbons (Fsp3) is 0.350. The van der Waals surface area contributed by atoms with E-state index in [2.05, 4.69) is 0 Å². The van der Waals surface area contributed by atoms with E-state index in [0.717, 1.165) is 11.6 Å². The molecule has 6 heteroatoms. The zero-order chi connectivity index (χ0) is 18.9. The van der Waals surface area contributed by atoms with Crippen LogP contribution >= 0.6 is 0 Å². The zero-order valence-electron chi connectivity index (χ0n) is 14.5. The van der Waals surface area contributed by atoms with Crippen LogP contribution in [-0.2, 0) is 19.2 Å². The van der Waals surface area contributed by atoms with Crippen LogP contribution in [0.5, 0.6) is 11.5 Å². The minimum absolute atomic E-state index is 0.00221. The van der Waals surface area contributed by atoms with Crippen molar-refractivity contribution in [3.8, 4) is 11.5 Å². The Morgan fingerprint density at radius 3 is 2.54 bits per heavy atom. The number of aryl methyl sites for hydroxylation is 1. The van der Waals surface area contributed by atoms with Gasteiger partial charge in [0.2, 0.25) is 0 Å². The third-order valence-electron chi connectivity index (χ3n) is 4.12. The second-order valence-corrected chi connectivity index (χ2v) is 6.53. The largest absolute Gasteiger partial charge is 0.490 e. The molecule has 0 bridgehead atoms. The van der Waals surface area contributed by atoms with E-state index in [-0.39, 0.29) is 24.2 Å². The molecular formula is C20H19F3O3.